The Bertz CT molecular complexity index is 503. The minimum Gasteiger partial charge on any atom is -0.465 e. The summed E-state index contributed by atoms with van der Waals surface area (Å²) in [5.41, 5.74) is 0.945. The lowest BCUT2D eigenvalue weighted by Gasteiger charge is -2.29. The van der Waals surface area contributed by atoms with E-state index in [0.29, 0.717) is 19.8 Å². The molecule has 0 unspecified atom stereocenters. The van der Waals surface area contributed by atoms with Gasteiger partial charge in [0.15, 0.2) is 6.29 Å². The molecule has 0 aliphatic rings. The van der Waals surface area contributed by atoms with Gasteiger partial charge in [-0.15, -0.1) is 0 Å². The number of rotatable bonds is 10. The van der Waals surface area contributed by atoms with Gasteiger partial charge in [-0.05, 0) is 26.3 Å². The third kappa shape index (κ3) is 6.97. The number of nitrogens with zero attached hydrogens (tertiary/aromatic N) is 1. The number of hydrogen-bond donors (Lipinski definition) is 2. The highest BCUT2D eigenvalue weighted by molar-refractivity contribution is 5.84. The van der Waals surface area contributed by atoms with Crippen LogP contribution in [-0.4, -0.2) is 54.1 Å². The molecule has 1 rings (SSSR count). The maximum atomic E-state index is 12.6. The van der Waals surface area contributed by atoms with E-state index in [2.05, 4.69) is 5.32 Å². The Hall–Kier alpha value is -2.12. The Morgan fingerprint density at radius 1 is 1.17 bits per heavy atom. The molecule has 0 radical (unpaired) electrons. The number of benzene rings is 1. The minimum absolute atomic E-state index is 0.223. The van der Waals surface area contributed by atoms with Gasteiger partial charge in [0.2, 0.25) is 5.91 Å². The van der Waals surface area contributed by atoms with Crippen LogP contribution in [0, 0.1) is 0 Å². The Morgan fingerprint density at radius 2 is 1.75 bits per heavy atom. The van der Waals surface area contributed by atoms with Crippen LogP contribution in [0.4, 0.5) is 4.79 Å². The summed E-state index contributed by atoms with van der Waals surface area (Å²) < 4.78 is 11.0. The van der Waals surface area contributed by atoms with E-state index in [9.17, 15) is 9.59 Å². The van der Waals surface area contributed by atoms with Crippen LogP contribution in [-0.2, 0) is 20.8 Å². The molecule has 0 saturated carbocycles. The molecule has 0 heterocycles. The summed E-state index contributed by atoms with van der Waals surface area (Å²) in [7, 11) is 0. The van der Waals surface area contributed by atoms with E-state index in [-0.39, 0.29) is 12.5 Å². The lowest BCUT2D eigenvalue weighted by atomic mass is 10.2. The molecule has 2 amide bonds. The number of amides is 2. The lowest BCUT2D eigenvalue weighted by molar-refractivity contribution is -0.160. The molecule has 7 heteroatoms. The van der Waals surface area contributed by atoms with Gasteiger partial charge in [-0.25, -0.2) is 4.79 Å². The van der Waals surface area contributed by atoms with Crippen molar-refractivity contribution in [3.63, 3.8) is 0 Å². The van der Waals surface area contributed by atoms with Crippen LogP contribution in [0.15, 0.2) is 30.3 Å². The fourth-order valence-corrected chi connectivity index (χ4v) is 2.26. The van der Waals surface area contributed by atoms with E-state index >= 15 is 0 Å². The fourth-order valence-electron chi connectivity index (χ4n) is 2.26. The molecule has 0 spiro atoms. The molecular formula is C17H26N2O5. The van der Waals surface area contributed by atoms with Crippen molar-refractivity contribution < 1.29 is 24.2 Å². The Balaban J connectivity index is 2.88. The first kappa shape index (κ1) is 19.9. The molecule has 0 aliphatic carbocycles. The molecule has 0 fully saturated rings. The second kappa shape index (κ2) is 10.6. The zero-order chi connectivity index (χ0) is 17.9. The van der Waals surface area contributed by atoms with Crippen molar-refractivity contribution in [1.82, 2.24) is 10.2 Å². The number of carbonyl (C=O) groups is 2. The van der Waals surface area contributed by atoms with Crippen LogP contribution >= 0.6 is 0 Å². The van der Waals surface area contributed by atoms with Crippen LogP contribution in [0.25, 0.3) is 0 Å². The Kier molecular flexibility index (Phi) is 8.81. The molecule has 0 saturated heterocycles. The summed E-state index contributed by atoms with van der Waals surface area (Å²) in [6.07, 6.45) is -1.79. The number of carboxylic acid groups (broad SMARTS) is 1. The molecule has 0 aromatic heterocycles. The topological polar surface area (TPSA) is 88.1 Å². The van der Waals surface area contributed by atoms with Crippen LogP contribution in [0.1, 0.15) is 26.3 Å². The monoisotopic (exact) mass is 338 g/mol. The average Bonchev–Trinajstić information content (AvgIpc) is 2.54. The third-order valence-electron chi connectivity index (χ3n) is 3.31. The van der Waals surface area contributed by atoms with Crippen molar-refractivity contribution in [3.8, 4) is 0 Å². The van der Waals surface area contributed by atoms with Gasteiger partial charge in [0.25, 0.3) is 0 Å². The molecule has 0 bridgehead atoms. The normalized spacial score (nSPS) is 12.0. The summed E-state index contributed by atoms with van der Waals surface area (Å²) in [5.74, 6) is -0.328. The summed E-state index contributed by atoms with van der Waals surface area (Å²) in [6, 6.07) is 8.64. The van der Waals surface area contributed by atoms with E-state index in [1.165, 1.54) is 6.92 Å². The smallest absolute Gasteiger partial charge is 0.405 e. The minimum atomic E-state index is -1.23. The molecule has 1 atom stereocenters. The van der Waals surface area contributed by atoms with Gasteiger partial charge >= 0.3 is 6.09 Å². The molecule has 1 aromatic rings. The van der Waals surface area contributed by atoms with E-state index in [0.717, 1.165) is 5.56 Å². The van der Waals surface area contributed by atoms with Gasteiger partial charge in [-0.2, -0.15) is 0 Å². The molecular weight excluding hydrogens is 312 g/mol. The third-order valence-corrected chi connectivity index (χ3v) is 3.31. The Morgan fingerprint density at radius 3 is 2.25 bits per heavy atom. The van der Waals surface area contributed by atoms with Gasteiger partial charge in [0, 0.05) is 19.8 Å². The molecule has 7 nitrogen and oxygen atoms in total. The first-order chi connectivity index (χ1) is 11.5. The number of carbonyl (C=O) groups excluding carboxylic acids is 1. The van der Waals surface area contributed by atoms with Gasteiger partial charge < -0.3 is 24.8 Å². The van der Waals surface area contributed by atoms with E-state index < -0.39 is 18.4 Å². The van der Waals surface area contributed by atoms with E-state index in [1.54, 1.807) is 4.90 Å². The molecule has 0 aliphatic heterocycles. The van der Waals surface area contributed by atoms with Gasteiger partial charge in [-0.3, -0.25) is 4.79 Å². The van der Waals surface area contributed by atoms with E-state index in [1.807, 2.05) is 44.2 Å². The van der Waals surface area contributed by atoms with Crippen molar-refractivity contribution in [2.75, 3.05) is 19.8 Å². The summed E-state index contributed by atoms with van der Waals surface area (Å²) in [5, 5.41) is 11.0. The van der Waals surface area contributed by atoms with E-state index in [4.69, 9.17) is 14.6 Å². The van der Waals surface area contributed by atoms with Crippen molar-refractivity contribution in [1.29, 1.82) is 0 Å². The molecule has 24 heavy (non-hydrogen) atoms. The van der Waals surface area contributed by atoms with Gasteiger partial charge in [-0.1, -0.05) is 30.3 Å². The lowest BCUT2D eigenvalue weighted by Crippen LogP contribution is -2.49. The number of hydrogen-bond acceptors (Lipinski definition) is 4. The molecule has 1 aromatic carbocycles. The number of ether oxygens (including phenoxy) is 2. The highest BCUT2D eigenvalue weighted by atomic mass is 16.7. The molecule has 2 N–H and O–H groups in total. The van der Waals surface area contributed by atoms with Gasteiger partial charge in [0.05, 0.1) is 6.54 Å². The van der Waals surface area contributed by atoms with Crippen LogP contribution in [0.2, 0.25) is 0 Å². The van der Waals surface area contributed by atoms with Crippen LogP contribution in [0.3, 0.4) is 0 Å². The van der Waals surface area contributed by atoms with Crippen molar-refractivity contribution in [2.24, 2.45) is 0 Å². The predicted molar refractivity (Wildman–Crippen MR) is 89.5 cm³/mol. The highest BCUT2D eigenvalue weighted by Gasteiger charge is 2.25. The largest absolute Gasteiger partial charge is 0.465 e. The summed E-state index contributed by atoms with van der Waals surface area (Å²) in [6.45, 7) is 6.71. The van der Waals surface area contributed by atoms with Crippen molar-refractivity contribution in [3.05, 3.63) is 35.9 Å². The maximum absolute atomic E-state index is 12.6. The molecule has 134 valence electrons. The maximum Gasteiger partial charge on any atom is 0.405 e. The SMILES string of the molecule is CCOC(CN(Cc1ccccc1)C(=O)[C@H](C)NC(=O)O)OCC. The average molecular weight is 338 g/mol. The summed E-state index contributed by atoms with van der Waals surface area (Å²) >= 11 is 0. The second-order valence-corrected chi connectivity index (χ2v) is 5.22. The van der Waals surface area contributed by atoms with Crippen LogP contribution < -0.4 is 5.32 Å². The quantitative estimate of drug-likeness (QED) is 0.638. The standard InChI is InChI=1S/C17H26N2O5/c1-4-23-15(24-5-2)12-19(11-14-9-7-6-8-10-14)16(20)13(3)18-17(21)22/h6-10,13,15,18H,4-5,11-12H2,1-3H3,(H,21,22)/t13-/m0/s1. The first-order valence-electron chi connectivity index (χ1n) is 8.03. The Labute approximate surface area is 142 Å². The zero-order valence-electron chi connectivity index (χ0n) is 14.4. The van der Waals surface area contributed by atoms with Crippen LogP contribution in [0.5, 0.6) is 0 Å². The number of nitrogens with one attached hydrogen (secondary N) is 1. The second-order valence-electron chi connectivity index (χ2n) is 5.22. The predicted octanol–water partition coefficient (Wildman–Crippen LogP) is 2.07. The van der Waals surface area contributed by atoms with Gasteiger partial charge in [0.1, 0.15) is 6.04 Å². The zero-order valence-corrected chi connectivity index (χ0v) is 14.4. The summed E-state index contributed by atoms with van der Waals surface area (Å²) in [4.78, 5) is 25.0. The fraction of sp³-hybridized carbons (Fsp3) is 0.529. The van der Waals surface area contributed by atoms with Crippen molar-refractivity contribution >= 4 is 12.0 Å². The first-order valence-corrected chi connectivity index (χ1v) is 8.03. The van der Waals surface area contributed by atoms with Crippen molar-refractivity contribution in [2.45, 2.75) is 39.6 Å². The highest BCUT2D eigenvalue weighted by Crippen LogP contribution is 2.09.